The van der Waals surface area contributed by atoms with Gasteiger partial charge < -0.3 is 20.6 Å². The van der Waals surface area contributed by atoms with E-state index in [0.717, 1.165) is 61.3 Å². The molecule has 0 radical (unpaired) electrons. The number of anilines is 2. The average molecular weight is 428 g/mol. The number of rotatable bonds is 7. The molecule has 2 atom stereocenters. The summed E-state index contributed by atoms with van der Waals surface area (Å²) in [5.74, 6) is 1.68. The van der Waals surface area contributed by atoms with Gasteiger partial charge in [0.2, 0.25) is 5.95 Å². The highest BCUT2D eigenvalue weighted by atomic mass is 32.2. The van der Waals surface area contributed by atoms with Gasteiger partial charge in [-0.05, 0) is 56.1 Å². The van der Waals surface area contributed by atoms with E-state index in [1.54, 1.807) is 0 Å². The highest BCUT2D eigenvalue weighted by Gasteiger charge is 2.25. The van der Waals surface area contributed by atoms with Crippen LogP contribution in [0.25, 0.3) is 10.9 Å². The zero-order valence-electron chi connectivity index (χ0n) is 18.1. The summed E-state index contributed by atoms with van der Waals surface area (Å²) < 4.78 is 0. The van der Waals surface area contributed by atoms with Gasteiger partial charge in [-0.25, -0.2) is 4.98 Å². The molecule has 4 rings (SSSR count). The molecule has 162 valence electrons. The topological polar surface area (TPSA) is 73.3 Å². The minimum Gasteiger partial charge on any atom is -0.392 e. The number of aromatic nitrogens is 2. The van der Waals surface area contributed by atoms with Crippen LogP contribution in [0.3, 0.4) is 0 Å². The predicted molar refractivity (Wildman–Crippen MR) is 127 cm³/mol. The van der Waals surface area contributed by atoms with Gasteiger partial charge in [0.15, 0.2) is 0 Å². The molecule has 2 unspecified atom stereocenters. The lowest BCUT2D eigenvalue weighted by atomic mass is 9.91. The first-order chi connectivity index (χ1) is 14.5. The molecule has 0 spiro atoms. The van der Waals surface area contributed by atoms with Crippen LogP contribution < -0.4 is 15.5 Å². The second kappa shape index (κ2) is 9.54. The predicted octanol–water partition coefficient (Wildman–Crippen LogP) is 3.78. The number of nitrogens with one attached hydrogen (secondary N) is 2. The van der Waals surface area contributed by atoms with Gasteiger partial charge in [0, 0.05) is 43.4 Å². The second-order valence-corrected chi connectivity index (χ2v) is 10.0. The Labute approximate surface area is 183 Å². The normalized spacial score (nSPS) is 25.2. The molecule has 3 N–H and O–H groups in total. The molecule has 1 saturated carbocycles. The first-order valence-corrected chi connectivity index (χ1v) is 11.9. The fourth-order valence-corrected chi connectivity index (χ4v) is 5.42. The van der Waals surface area contributed by atoms with Crippen molar-refractivity contribution in [3.05, 3.63) is 35.2 Å². The molecule has 1 aromatic heterocycles. The van der Waals surface area contributed by atoms with Crippen molar-refractivity contribution in [2.45, 2.75) is 62.5 Å². The van der Waals surface area contributed by atoms with Crippen LogP contribution in [0, 0.1) is 0 Å². The summed E-state index contributed by atoms with van der Waals surface area (Å²) in [5, 5.41) is 18.5. The van der Waals surface area contributed by atoms with Crippen LogP contribution in [-0.2, 0) is 0 Å². The third kappa shape index (κ3) is 5.07. The highest BCUT2D eigenvalue weighted by Crippen LogP contribution is 2.34. The van der Waals surface area contributed by atoms with Crippen molar-refractivity contribution < 1.29 is 5.11 Å². The maximum Gasteiger partial charge on any atom is 0.225 e. The summed E-state index contributed by atoms with van der Waals surface area (Å²) in [7, 11) is 4.05. The number of nitrogens with zero attached hydrogens (tertiary/aromatic N) is 3. The second-order valence-electron chi connectivity index (χ2n) is 8.66. The Balaban J connectivity index is 1.29. The van der Waals surface area contributed by atoms with Crippen LogP contribution in [0.1, 0.15) is 39.0 Å². The maximum absolute atomic E-state index is 9.75. The summed E-state index contributed by atoms with van der Waals surface area (Å²) in [6.45, 7) is 2.81. The van der Waals surface area contributed by atoms with E-state index in [1.807, 2.05) is 55.9 Å². The van der Waals surface area contributed by atoms with Crippen LogP contribution in [0.5, 0.6) is 0 Å². The molecule has 1 fully saturated rings. The van der Waals surface area contributed by atoms with Crippen LogP contribution in [0.15, 0.2) is 35.2 Å². The number of thioether (sulfide) groups is 1. The third-order valence-corrected chi connectivity index (χ3v) is 7.55. The number of aliphatic hydroxyl groups is 1. The number of fused-ring (bicyclic) bond motifs is 1. The summed E-state index contributed by atoms with van der Waals surface area (Å²) in [4.78, 5) is 13.0. The molecule has 30 heavy (non-hydrogen) atoms. The molecule has 1 aliphatic heterocycles. The number of aliphatic hydroxyl groups excluding tert-OH is 1. The van der Waals surface area contributed by atoms with Gasteiger partial charge >= 0.3 is 0 Å². The van der Waals surface area contributed by atoms with Crippen molar-refractivity contribution in [2.24, 2.45) is 0 Å². The summed E-state index contributed by atoms with van der Waals surface area (Å²) in [5.41, 5.74) is 0.979. The van der Waals surface area contributed by atoms with E-state index in [0.29, 0.717) is 17.3 Å². The minimum atomic E-state index is -0.240. The van der Waals surface area contributed by atoms with Gasteiger partial charge in [0.1, 0.15) is 5.82 Å². The first kappa shape index (κ1) is 21.4. The molecular formula is C23H33N5OS. The lowest BCUT2D eigenvalue weighted by Crippen LogP contribution is -2.37. The van der Waals surface area contributed by atoms with E-state index in [4.69, 9.17) is 9.97 Å². The molecule has 2 aromatic rings. The van der Waals surface area contributed by atoms with E-state index in [1.165, 1.54) is 4.91 Å². The highest BCUT2D eigenvalue weighted by molar-refractivity contribution is 8.04. The standard InChI is InChI=1S/C23H33N5OS/c1-15(29)21-13-12-18(30-21)14-24-16-8-10-17(11-9-16)25-23-26-20-7-5-4-6-19(20)22(27-23)28(2)3/h4-7,12,15-17,21,24,29H,8-11,13-14H2,1-3H3,(H,25,26,27). The van der Waals surface area contributed by atoms with E-state index >= 15 is 0 Å². The molecule has 0 bridgehead atoms. The summed E-state index contributed by atoms with van der Waals surface area (Å²) in [6.07, 6.45) is 7.57. The number of hydrogen-bond donors (Lipinski definition) is 3. The number of benzene rings is 1. The van der Waals surface area contributed by atoms with Gasteiger partial charge in [0.25, 0.3) is 0 Å². The molecule has 6 nitrogen and oxygen atoms in total. The van der Waals surface area contributed by atoms with Crippen molar-refractivity contribution in [1.29, 1.82) is 0 Å². The largest absolute Gasteiger partial charge is 0.392 e. The SMILES string of the molecule is CC(O)C1CC=C(CNC2CCC(Nc3nc(N(C)C)c4ccccc4n3)CC2)S1. The fourth-order valence-electron chi connectivity index (χ4n) is 4.28. The van der Waals surface area contributed by atoms with E-state index in [9.17, 15) is 5.11 Å². The Bertz CT molecular complexity index is 892. The van der Waals surface area contributed by atoms with E-state index < -0.39 is 0 Å². The Kier molecular flexibility index (Phi) is 6.80. The van der Waals surface area contributed by atoms with E-state index in [2.05, 4.69) is 22.8 Å². The average Bonchev–Trinajstić information content (AvgIpc) is 3.22. The molecule has 1 aliphatic carbocycles. The lowest BCUT2D eigenvalue weighted by Gasteiger charge is -2.30. The van der Waals surface area contributed by atoms with Gasteiger partial charge in [-0.1, -0.05) is 18.2 Å². The molecule has 0 saturated heterocycles. The molecular weight excluding hydrogens is 394 g/mol. The smallest absolute Gasteiger partial charge is 0.225 e. The van der Waals surface area contributed by atoms with Gasteiger partial charge in [-0.15, -0.1) is 11.8 Å². The monoisotopic (exact) mass is 427 g/mol. The number of allylic oxidation sites excluding steroid dienone is 1. The maximum atomic E-state index is 9.75. The van der Waals surface area contributed by atoms with Gasteiger partial charge in [0.05, 0.1) is 11.6 Å². The van der Waals surface area contributed by atoms with Crippen molar-refractivity contribution in [3.8, 4) is 0 Å². The molecule has 2 heterocycles. The zero-order valence-corrected chi connectivity index (χ0v) is 19.0. The molecule has 1 aromatic carbocycles. The van der Waals surface area contributed by atoms with Crippen LogP contribution >= 0.6 is 11.8 Å². The third-order valence-electron chi connectivity index (χ3n) is 6.05. The van der Waals surface area contributed by atoms with E-state index in [-0.39, 0.29) is 6.10 Å². The Morgan fingerprint density at radius 1 is 1.13 bits per heavy atom. The molecule has 0 amide bonds. The quantitative estimate of drug-likeness (QED) is 0.621. The summed E-state index contributed by atoms with van der Waals surface area (Å²) in [6, 6.07) is 9.16. The Morgan fingerprint density at radius 2 is 1.87 bits per heavy atom. The van der Waals surface area contributed by atoms with Crippen molar-refractivity contribution in [3.63, 3.8) is 0 Å². The van der Waals surface area contributed by atoms with Crippen molar-refractivity contribution in [2.75, 3.05) is 30.9 Å². The Morgan fingerprint density at radius 3 is 2.57 bits per heavy atom. The van der Waals surface area contributed by atoms with Gasteiger partial charge in [-0.3, -0.25) is 0 Å². The molecule has 2 aliphatic rings. The lowest BCUT2D eigenvalue weighted by molar-refractivity contribution is 0.192. The fraction of sp³-hybridized carbons (Fsp3) is 0.565. The van der Waals surface area contributed by atoms with Crippen molar-refractivity contribution >= 4 is 34.4 Å². The zero-order chi connectivity index (χ0) is 21.1. The van der Waals surface area contributed by atoms with Crippen LogP contribution in [-0.4, -0.2) is 59.2 Å². The van der Waals surface area contributed by atoms with Crippen LogP contribution in [0.2, 0.25) is 0 Å². The Hall–Kier alpha value is -1.83. The first-order valence-electron chi connectivity index (χ1n) is 11.0. The van der Waals surface area contributed by atoms with Gasteiger partial charge in [-0.2, -0.15) is 4.98 Å². The number of para-hydroxylation sites is 1. The number of hydrogen-bond acceptors (Lipinski definition) is 7. The minimum absolute atomic E-state index is 0.240. The molecule has 7 heteroatoms. The van der Waals surface area contributed by atoms with Crippen LogP contribution in [0.4, 0.5) is 11.8 Å². The summed E-state index contributed by atoms with van der Waals surface area (Å²) >= 11 is 1.83. The van der Waals surface area contributed by atoms with Crippen molar-refractivity contribution in [1.82, 2.24) is 15.3 Å².